The second-order valence-corrected chi connectivity index (χ2v) is 5.29. The molecule has 2 fully saturated rings. The number of imide groups is 1. The van der Waals surface area contributed by atoms with Gasteiger partial charge in [-0.15, -0.1) is 0 Å². The minimum Gasteiger partial charge on any atom is -0.322 e. The van der Waals surface area contributed by atoms with E-state index in [4.69, 9.17) is 0 Å². The lowest BCUT2D eigenvalue weighted by Crippen LogP contribution is -2.41. The summed E-state index contributed by atoms with van der Waals surface area (Å²) in [6.45, 7) is 0. The summed E-state index contributed by atoms with van der Waals surface area (Å²) >= 11 is 0. The summed E-state index contributed by atoms with van der Waals surface area (Å²) < 4.78 is 0. The summed E-state index contributed by atoms with van der Waals surface area (Å²) in [5.74, 6) is -0.0944. The first-order valence-corrected chi connectivity index (χ1v) is 6.96. The van der Waals surface area contributed by atoms with Crippen molar-refractivity contribution in [3.8, 4) is 0 Å². The van der Waals surface area contributed by atoms with Gasteiger partial charge in [-0.2, -0.15) is 0 Å². The van der Waals surface area contributed by atoms with Crippen molar-refractivity contribution in [2.75, 3.05) is 0 Å². The first-order chi connectivity index (χ1) is 9.27. The minimum atomic E-state index is -0.504. The molecule has 1 aromatic rings. The van der Waals surface area contributed by atoms with Gasteiger partial charge < -0.3 is 5.32 Å². The van der Waals surface area contributed by atoms with Crippen LogP contribution in [-0.2, 0) is 4.79 Å². The number of carbonyl (C=O) groups excluding carboxylic acids is 2. The fraction of sp³-hybridized carbons (Fsp3) is 0.467. The molecule has 0 spiro atoms. The fourth-order valence-electron chi connectivity index (χ4n) is 3.05. The number of hydrogen-bond donors (Lipinski definition) is 1. The van der Waals surface area contributed by atoms with Crippen molar-refractivity contribution in [2.45, 2.75) is 44.2 Å². The Bertz CT molecular complexity index is 480. The van der Waals surface area contributed by atoms with Gasteiger partial charge in [-0.3, -0.25) is 9.69 Å². The fourth-order valence-corrected chi connectivity index (χ4v) is 3.05. The lowest BCUT2D eigenvalue weighted by molar-refractivity contribution is -0.129. The number of amides is 3. The van der Waals surface area contributed by atoms with Crippen molar-refractivity contribution >= 4 is 11.9 Å². The molecule has 1 heterocycles. The highest BCUT2D eigenvalue weighted by atomic mass is 16.2. The first kappa shape index (κ1) is 12.2. The van der Waals surface area contributed by atoms with E-state index in [1.165, 1.54) is 11.3 Å². The predicted molar refractivity (Wildman–Crippen MR) is 71.4 cm³/mol. The van der Waals surface area contributed by atoms with Crippen molar-refractivity contribution in [1.82, 2.24) is 10.2 Å². The van der Waals surface area contributed by atoms with Crippen molar-refractivity contribution in [1.29, 1.82) is 0 Å². The summed E-state index contributed by atoms with van der Waals surface area (Å²) in [4.78, 5) is 26.0. The predicted octanol–water partition coefficient (Wildman–Crippen LogP) is 2.61. The van der Waals surface area contributed by atoms with Crippen LogP contribution in [0.25, 0.3) is 0 Å². The summed E-state index contributed by atoms with van der Waals surface area (Å²) in [6, 6.07) is 8.80. The van der Waals surface area contributed by atoms with E-state index in [2.05, 4.69) is 5.32 Å². The molecule has 1 N–H and O–H groups in total. The zero-order valence-electron chi connectivity index (χ0n) is 10.8. The van der Waals surface area contributed by atoms with Crippen LogP contribution < -0.4 is 5.32 Å². The highest BCUT2D eigenvalue weighted by Crippen LogP contribution is 2.29. The molecule has 2 aliphatic rings. The molecule has 0 aromatic heterocycles. The maximum atomic E-state index is 12.5. The molecule has 3 rings (SSSR count). The minimum absolute atomic E-state index is 0.0926. The van der Waals surface area contributed by atoms with Crippen LogP contribution in [0.4, 0.5) is 4.79 Å². The molecule has 1 atom stereocenters. The van der Waals surface area contributed by atoms with Gasteiger partial charge >= 0.3 is 6.03 Å². The average Bonchev–Trinajstić information content (AvgIpc) is 2.76. The van der Waals surface area contributed by atoms with Gasteiger partial charge in [0.25, 0.3) is 5.91 Å². The van der Waals surface area contributed by atoms with Gasteiger partial charge in [0.1, 0.15) is 6.04 Å². The number of rotatable bonds is 2. The van der Waals surface area contributed by atoms with E-state index in [1.807, 2.05) is 30.3 Å². The van der Waals surface area contributed by atoms with Gasteiger partial charge in [-0.05, 0) is 18.4 Å². The number of nitrogens with zero attached hydrogens (tertiary/aromatic N) is 1. The average molecular weight is 258 g/mol. The largest absolute Gasteiger partial charge is 0.325 e. The third-order valence-corrected chi connectivity index (χ3v) is 4.04. The van der Waals surface area contributed by atoms with Gasteiger partial charge in [0.2, 0.25) is 0 Å². The second-order valence-electron chi connectivity index (χ2n) is 5.29. The zero-order chi connectivity index (χ0) is 13.2. The zero-order valence-corrected chi connectivity index (χ0v) is 10.8. The Labute approximate surface area is 112 Å². The van der Waals surface area contributed by atoms with Gasteiger partial charge in [0.15, 0.2) is 0 Å². The summed E-state index contributed by atoms with van der Waals surface area (Å²) in [5.41, 5.74) is 0.860. The Hall–Kier alpha value is -1.84. The Kier molecular flexibility index (Phi) is 3.23. The van der Waals surface area contributed by atoms with E-state index in [0.29, 0.717) is 0 Å². The molecular formula is C15H18N2O2. The highest BCUT2D eigenvalue weighted by molar-refractivity contribution is 6.04. The Morgan fingerprint density at radius 2 is 1.68 bits per heavy atom. The Morgan fingerprint density at radius 1 is 1.00 bits per heavy atom. The van der Waals surface area contributed by atoms with Crippen LogP contribution in [0, 0.1) is 0 Å². The molecule has 1 saturated heterocycles. The summed E-state index contributed by atoms with van der Waals surface area (Å²) in [6.07, 6.45) is 5.32. The summed E-state index contributed by atoms with van der Waals surface area (Å²) in [7, 11) is 0. The quantitative estimate of drug-likeness (QED) is 0.829. The SMILES string of the molecule is O=C1N[C@H](c2ccccc2)C(=O)N1C1CCCCC1. The molecule has 1 aliphatic carbocycles. The Balaban J connectivity index is 1.81. The third-order valence-electron chi connectivity index (χ3n) is 4.04. The van der Waals surface area contributed by atoms with Gasteiger partial charge in [0, 0.05) is 6.04 Å². The number of nitrogens with one attached hydrogen (secondary N) is 1. The van der Waals surface area contributed by atoms with Crippen LogP contribution >= 0.6 is 0 Å². The normalized spacial score (nSPS) is 24.6. The van der Waals surface area contributed by atoms with Gasteiger partial charge in [-0.1, -0.05) is 49.6 Å². The van der Waals surface area contributed by atoms with E-state index in [-0.39, 0.29) is 18.0 Å². The molecule has 0 unspecified atom stereocenters. The lowest BCUT2D eigenvalue weighted by Gasteiger charge is -2.28. The van der Waals surface area contributed by atoms with Crippen molar-refractivity contribution in [2.24, 2.45) is 0 Å². The molecule has 0 radical (unpaired) electrons. The van der Waals surface area contributed by atoms with E-state index in [0.717, 1.165) is 31.2 Å². The van der Waals surface area contributed by atoms with E-state index in [1.54, 1.807) is 0 Å². The van der Waals surface area contributed by atoms with Gasteiger partial charge in [0.05, 0.1) is 0 Å². The van der Waals surface area contributed by atoms with E-state index < -0.39 is 6.04 Å². The number of hydrogen-bond acceptors (Lipinski definition) is 2. The number of benzene rings is 1. The lowest BCUT2D eigenvalue weighted by atomic mass is 9.94. The number of carbonyl (C=O) groups is 2. The first-order valence-electron chi connectivity index (χ1n) is 6.96. The highest BCUT2D eigenvalue weighted by Gasteiger charge is 2.42. The smallest absolute Gasteiger partial charge is 0.322 e. The topological polar surface area (TPSA) is 49.4 Å². The maximum Gasteiger partial charge on any atom is 0.325 e. The molecule has 1 saturated carbocycles. The maximum absolute atomic E-state index is 12.5. The molecule has 0 bridgehead atoms. The Morgan fingerprint density at radius 3 is 2.37 bits per heavy atom. The standard InChI is InChI=1S/C15H18N2O2/c18-14-13(11-7-3-1-4-8-11)16-15(19)17(14)12-9-5-2-6-10-12/h1,3-4,7-8,12-13H,2,5-6,9-10H2,(H,16,19)/t13-/m1/s1. The van der Waals surface area contributed by atoms with E-state index >= 15 is 0 Å². The van der Waals surface area contributed by atoms with E-state index in [9.17, 15) is 9.59 Å². The molecule has 1 aliphatic heterocycles. The van der Waals surface area contributed by atoms with Crippen LogP contribution in [0.2, 0.25) is 0 Å². The molecule has 4 nitrogen and oxygen atoms in total. The molecule has 100 valence electrons. The van der Waals surface area contributed by atoms with Crippen LogP contribution in [0.3, 0.4) is 0 Å². The van der Waals surface area contributed by atoms with Crippen LogP contribution in [0.1, 0.15) is 43.7 Å². The molecule has 3 amide bonds. The number of urea groups is 1. The van der Waals surface area contributed by atoms with Gasteiger partial charge in [-0.25, -0.2) is 4.79 Å². The molecule has 4 heteroatoms. The monoisotopic (exact) mass is 258 g/mol. The van der Waals surface area contributed by atoms with Crippen LogP contribution in [-0.4, -0.2) is 22.9 Å². The molecular weight excluding hydrogens is 240 g/mol. The molecule has 19 heavy (non-hydrogen) atoms. The van der Waals surface area contributed by atoms with Crippen molar-refractivity contribution in [3.05, 3.63) is 35.9 Å². The molecule has 1 aromatic carbocycles. The van der Waals surface area contributed by atoms with Crippen LogP contribution in [0.15, 0.2) is 30.3 Å². The third kappa shape index (κ3) is 2.23. The van der Waals surface area contributed by atoms with Crippen LogP contribution in [0.5, 0.6) is 0 Å². The van der Waals surface area contributed by atoms with Crippen molar-refractivity contribution < 1.29 is 9.59 Å². The second kappa shape index (κ2) is 5.03. The summed E-state index contributed by atoms with van der Waals surface area (Å²) in [5, 5.41) is 2.80. The van der Waals surface area contributed by atoms with Crippen molar-refractivity contribution in [3.63, 3.8) is 0 Å².